The third-order valence-corrected chi connectivity index (χ3v) is 5.77. The lowest BCUT2D eigenvalue weighted by molar-refractivity contribution is 0.414. The van der Waals surface area contributed by atoms with Crippen LogP contribution in [0.1, 0.15) is 49.4 Å². The molecular formula is C21H27N5O2. The SMILES string of the molecule is COc1ccc(N2CC(c3nc(NC4CCCCC4)c(C=N)c(=O)[nH]3)C2)cc1. The number of benzene rings is 1. The van der Waals surface area contributed by atoms with Crippen molar-refractivity contribution in [1.29, 1.82) is 5.41 Å². The molecule has 0 atom stereocenters. The summed E-state index contributed by atoms with van der Waals surface area (Å²) in [6.07, 6.45) is 6.96. The van der Waals surface area contributed by atoms with Crippen LogP contribution in [0.5, 0.6) is 5.75 Å². The highest BCUT2D eigenvalue weighted by Crippen LogP contribution is 2.31. The molecule has 0 amide bonds. The molecule has 7 heteroatoms. The lowest BCUT2D eigenvalue weighted by Crippen LogP contribution is -2.46. The third-order valence-electron chi connectivity index (χ3n) is 5.77. The van der Waals surface area contributed by atoms with E-state index in [4.69, 9.17) is 15.1 Å². The summed E-state index contributed by atoms with van der Waals surface area (Å²) in [6, 6.07) is 8.33. The number of rotatable bonds is 6. The molecule has 2 fully saturated rings. The maximum Gasteiger partial charge on any atom is 0.261 e. The summed E-state index contributed by atoms with van der Waals surface area (Å²) in [5.74, 6) is 2.29. The van der Waals surface area contributed by atoms with E-state index >= 15 is 0 Å². The highest BCUT2D eigenvalue weighted by molar-refractivity contribution is 5.83. The fourth-order valence-corrected chi connectivity index (χ4v) is 4.03. The van der Waals surface area contributed by atoms with E-state index in [1.165, 1.54) is 19.3 Å². The first-order valence-corrected chi connectivity index (χ1v) is 9.98. The Bertz CT molecular complexity index is 881. The van der Waals surface area contributed by atoms with E-state index in [0.717, 1.165) is 43.6 Å². The van der Waals surface area contributed by atoms with Gasteiger partial charge in [0.2, 0.25) is 0 Å². The summed E-state index contributed by atoms with van der Waals surface area (Å²) >= 11 is 0. The van der Waals surface area contributed by atoms with Gasteiger partial charge in [-0.05, 0) is 37.1 Å². The first-order valence-electron chi connectivity index (χ1n) is 9.98. The molecule has 1 saturated heterocycles. The van der Waals surface area contributed by atoms with Gasteiger partial charge in [-0.1, -0.05) is 19.3 Å². The molecule has 2 aromatic rings. The number of hydrogen-bond acceptors (Lipinski definition) is 6. The van der Waals surface area contributed by atoms with E-state index in [1.54, 1.807) is 7.11 Å². The quantitative estimate of drug-likeness (QED) is 0.669. The lowest BCUT2D eigenvalue weighted by atomic mass is 9.95. The summed E-state index contributed by atoms with van der Waals surface area (Å²) in [4.78, 5) is 22.3. The van der Waals surface area contributed by atoms with Gasteiger partial charge in [0.05, 0.1) is 18.6 Å². The zero-order valence-corrected chi connectivity index (χ0v) is 16.2. The molecule has 4 rings (SSSR count). The van der Waals surface area contributed by atoms with Crippen LogP contribution in [0.4, 0.5) is 11.5 Å². The molecular weight excluding hydrogens is 354 g/mol. The van der Waals surface area contributed by atoms with Crippen molar-refractivity contribution in [3.8, 4) is 5.75 Å². The molecule has 2 heterocycles. The van der Waals surface area contributed by atoms with E-state index in [9.17, 15) is 4.79 Å². The number of aromatic amines is 1. The molecule has 3 N–H and O–H groups in total. The second kappa shape index (κ2) is 8.04. The van der Waals surface area contributed by atoms with Crippen LogP contribution in [0.25, 0.3) is 0 Å². The average molecular weight is 381 g/mol. The van der Waals surface area contributed by atoms with Crippen LogP contribution in [0.2, 0.25) is 0 Å². The van der Waals surface area contributed by atoms with Crippen LogP contribution >= 0.6 is 0 Å². The van der Waals surface area contributed by atoms with Crippen LogP contribution in [0, 0.1) is 5.41 Å². The van der Waals surface area contributed by atoms with E-state index in [0.29, 0.717) is 23.2 Å². The highest BCUT2D eigenvalue weighted by atomic mass is 16.5. The first-order chi connectivity index (χ1) is 13.7. The van der Waals surface area contributed by atoms with Crippen molar-refractivity contribution < 1.29 is 4.74 Å². The van der Waals surface area contributed by atoms with E-state index in [2.05, 4.69) is 15.2 Å². The Balaban J connectivity index is 1.48. The second-order valence-corrected chi connectivity index (χ2v) is 7.64. The molecule has 2 aliphatic rings. The molecule has 0 unspecified atom stereocenters. The van der Waals surface area contributed by atoms with Crippen LogP contribution < -0.4 is 20.5 Å². The Labute approximate surface area is 164 Å². The van der Waals surface area contributed by atoms with Crippen molar-refractivity contribution in [3.63, 3.8) is 0 Å². The van der Waals surface area contributed by atoms with Gasteiger partial charge in [-0.3, -0.25) is 4.79 Å². The predicted molar refractivity (Wildman–Crippen MR) is 111 cm³/mol. The van der Waals surface area contributed by atoms with Gasteiger partial charge >= 0.3 is 0 Å². The number of methoxy groups -OCH3 is 1. The zero-order valence-electron chi connectivity index (χ0n) is 16.2. The summed E-state index contributed by atoms with van der Waals surface area (Å²) in [7, 11) is 1.66. The van der Waals surface area contributed by atoms with Crippen LogP contribution in [0.3, 0.4) is 0 Å². The third kappa shape index (κ3) is 3.74. The molecule has 1 aromatic heterocycles. The van der Waals surface area contributed by atoms with Gasteiger partial charge in [-0.15, -0.1) is 0 Å². The Hall–Kier alpha value is -2.83. The molecule has 1 aliphatic heterocycles. The van der Waals surface area contributed by atoms with Crippen LogP contribution in [-0.2, 0) is 0 Å². The minimum Gasteiger partial charge on any atom is -0.497 e. The van der Waals surface area contributed by atoms with Gasteiger partial charge < -0.3 is 25.3 Å². The molecule has 148 valence electrons. The van der Waals surface area contributed by atoms with E-state index in [-0.39, 0.29) is 11.5 Å². The summed E-state index contributed by atoms with van der Waals surface area (Å²) in [5, 5.41) is 11.0. The minimum absolute atomic E-state index is 0.182. The second-order valence-electron chi connectivity index (χ2n) is 7.64. The molecule has 0 spiro atoms. The number of nitrogens with one attached hydrogen (secondary N) is 3. The molecule has 7 nitrogen and oxygen atoms in total. The molecule has 0 radical (unpaired) electrons. The monoisotopic (exact) mass is 381 g/mol. The summed E-state index contributed by atoms with van der Waals surface area (Å²) in [6.45, 7) is 1.62. The molecule has 1 saturated carbocycles. The van der Waals surface area contributed by atoms with E-state index in [1.807, 2.05) is 24.3 Å². The van der Waals surface area contributed by atoms with Crippen LogP contribution in [-0.4, -0.2) is 42.4 Å². The fraction of sp³-hybridized carbons (Fsp3) is 0.476. The summed E-state index contributed by atoms with van der Waals surface area (Å²) in [5.41, 5.74) is 1.22. The van der Waals surface area contributed by atoms with Crippen molar-refractivity contribution in [2.75, 3.05) is 30.4 Å². The zero-order chi connectivity index (χ0) is 19.5. The Morgan fingerprint density at radius 2 is 1.93 bits per heavy atom. The largest absolute Gasteiger partial charge is 0.497 e. The van der Waals surface area contributed by atoms with Crippen molar-refractivity contribution in [2.45, 2.75) is 44.1 Å². The van der Waals surface area contributed by atoms with Crippen LogP contribution in [0.15, 0.2) is 29.1 Å². The maximum atomic E-state index is 12.5. The molecule has 0 bridgehead atoms. The van der Waals surface area contributed by atoms with Crippen molar-refractivity contribution in [3.05, 3.63) is 46.0 Å². The van der Waals surface area contributed by atoms with Gasteiger partial charge in [-0.2, -0.15) is 0 Å². The molecule has 1 aliphatic carbocycles. The van der Waals surface area contributed by atoms with Gasteiger partial charge in [0.25, 0.3) is 5.56 Å². The Morgan fingerprint density at radius 3 is 2.57 bits per heavy atom. The lowest BCUT2D eigenvalue weighted by Gasteiger charge is -2.40. The highest BCUT2D eigenvalue weighted by Gasteiger charge is 2.31. The predicted octanol–water partition coefficient (Wildman–Crippen LogP) is 3.12. The number of hydrogen-bond donors (Lipinski definition) is 3. The van der Waals surface area contributed by atoms with Crippen molar-refractivity contribution in [2.24, 2.45) is 0 Å². The van der Waals surface area contributed by atoms with Crippen molar-refractivity contribution >= 4 is 17.7 Å². The van der Waals surface area contributed by atoms with Gasteiger partial charge in [0.15, 0.2) is 0 Å². The number of H-pyrrole nitrogens is 1. The van der Waals surface area contributed by atoms with Crippen molar-refractivity contribution in [1.82, 2.24) is 9.97 Å². The van der Waals surface area contributed by atoms with Gasteiger partial charge in [-0.25, -0.2) is 4.98 Å². The maximum absolute atomic E-state index is 12.5. The number of nitrogens with zero attached hydrogens (tertiary/aromatic N) is 2. The average Bonchev–Trinajstić information content (AvgIpc) is 2.68. The summed E-state index contributed by atoms with van der Waals surface area (Å²) < 4.78 is 5.21. The first kappa shape index (κ1) is 18.5. The van der Waals surface area contributed by atoms with Gasteiger partial charge in [0.1, 0.15) is 17.4 Å². The number of aromatic nitrogens is 2. The molecule has 28 heavy (non-hydrogen) atoms. The smallest absolute Gasteiger partial charge is 0.261 e. The van der Waals surface area contributed by atoms with E-state index < -0.39 is 0 Å². The Morgan fingerprint density at radius 1 is 1.21 bits per heavy atom. The fourth-order valence-electron chi connectivity index (χ4n) is 4.03. The topological polar surface area (TPSA) is 94.1 Å². The molecule has 1 aromatic carbocycles. The number of anilines is 2. The standard InChI is InChI=1S/C21H27N5O2/c1-28-17-9-7-16(8-10-17)26-12-14(13-26)19-24-20(18(11-22)21(27)25-19)23-15-5-3-2-4-6-15/h7-11,14-15,22H,2-6,12-13H2,1H3,(H2,23,24,25,27). The number of ether oxygens (including phenoxy) is 1. The van der Waals surface area contributed by atoms with Gasteiger partial charge in [0, 0.05) is 31.0 Å². The normalized spacial score (nSPS) is 17.8. The minimum atomic E-state index is -0.235. The Kier molecular flexibility index (Phi) is 5.32.